The molecule has 18 heavy (non-hydrogen) atoms. The molecule has 0 saturated heterocycles. The average molecular weight is 280 g/mol. The van der Waals surface area contributed by atoms with Gasteiger partial charge in [0, 0.05) is 22.8 Å². The number of hydrogen-bond donors (Lipinski definition) is 1. The van der Waals surface area contributed by atoms with Gasteiger partial charge in [-0.05, 0) is 49.5 Å². The van der Waals surface area contributed by atoms with Gasteiger partial charge in [-0.3, -0.25) is 0 Å². The van der Waals surface area contributed by atoms with E-state index >= 15 is 0 Å². The first-order valence-corrected chi connectivity index (χ1v) is 7.88. The molecule has 0 amide bonds. The first kappa shape index (κ1) is 13.7. The maximum Gasteiger partial charge on any atom is 0.0561 e. The van der Waals surface area contributed by atoms with Crippen molar-refractivity contribution >= 4 is 22.7 Å². The Morgan fingerprint density at radius 1 is 1.22 bits per heavy atom. The van der Waals surface area contributed by atoms with Gasteiger partial charge in [-0.25, -0.2) is 0 Å². The minimum Gasteiger partial charge on any atom is -0.310 e. The van der Waals surface area contributed by atoms with Crippen LogP contribution in [0.2, 0.25) is 0 Å². The highest BCUT2D eigenvalue weighted by atomic mass is 32.1. The Labute approximate surface area is 117 Å². The fraction of sp³-hybridized carbons (Fsp3) is 0.429. The summed E-state index contributed by atoms with van der Waals surface area (Å²) in [6, 6.07) is 6.99. The standard InChI is InChI=1S/C14H20N2S2/c1-11-6-8-18-14(11)10-15-9-12(16(2)3)13-5-4-7-17-13/h4-8,12,15H,9-10H2,1-3H3. The molecule has 0 aliphatic rings. The highest BCUT2D eigenvalue weighted by Gasteiger charge is 2.14. The average Bonchev–Trinajstić information content (AvgIpc) is 2.96. The molecule has 0 saturated carbocycles. The van der Waals surface area contributed by atoms with E-state index in [1.165, 1.54) is 15.3 Å². The van der Waals surface area contributed by atoms with Gasteiger partial charge in [-0.15, -0.1) is 22.7 Å². The number of aryl methyl sites for hydroxylation is 1. The smallest absolute Gasteiger partial charge is 0.0561 e. The minimum absolute atomic E-state index is 0.463. The highest BCUT2D eigenvalue weighted by Crippen LogP contribution is 2.22. The molecule has 0 aliphatic carbocycles. The van der Waals surface area contributed by atoms with Crippen LogP contribution in [0.1, 0.15) is 21.4 Å². The molecule has 1 atom stereocenters. The van der Waals surface area contributed by atoms with Crippen LogP contribution in [0.3, 0.4) is 0 Å². The summed E-state index contributed by atoms with van der Waals surface area (Å²) in [4.78, 5) is 5.15. The van der Waals surface area contributed by atoms with Gasteiger partial charge in [0.1, 0.15) is 0 Å². The molecule has 0 fully saturated rings. The van der Waals surface area contributed by atoms with Crippen molar-refractivity contribution in [1.82, 2.24) is 10.2 Å². The molecular weight excluding hydrogens is 260 g/mol. The van der Waals surface area contributed by atoms with Crippen molar-refractivity contribution < 1.29 is 0 Å². The molecule has 0 bridgehead atoms. The van der Waals surface area contributed by atoms with Crippen LogP contribution in [0.4, 0.5) is 0 Å². The van der Waals surface area contributed by atoms with E-state index in [1.54, 1.807) is 0 Å². The van der Waals surface area contributed by atoms with Crippen molar-refractivity contribution in [1.29, 1.82) is 0 Å². The van der Waals surface area contributed by atoms with Crippen molar-refractivity contribution in [3.63, 3.8) is 0 Å². The van der Waals surface area contributed by atoms with Crippen LogP contribution in [0.15, 0.2) is 29.0 Å². The number of nitrogens with one attached hydrogen (secondary N) is 1. The van der Waals surface area contributed by atoms with Gasteiger partial charge in [0.15, 0.2) is 0 Å². The molecule has 0 spiro atoms. The van der Waals surface area contributed by atoms with E-state index in [0.29, 0.717) is 6.04 Å². The number of rotatable bonds is 6. The van der Waals surface area contributed by atoms with Gasteiger partial charge in [0.2, 0.25) is 0 Å². The monoisotopic (exact) mass is 280 g/mol. The maximum absolute atomic E-state index is 3.57. The molecular formula is C14H20N2S2. The molecule has 0 aliphatic heterocycles. The molecule has 2 nitrogen and oxygen atoms in total. The summed E-state index contributed by atoms with van der Waals surface area (Å²) >= 11 is 3.66. The normalized spacial score (nSPS) is 13.1. The van der Waals surface area contributed by atoms with Crippen LogP contribution in [-0.2, 0) is 6.54 Å². The lowest BCUT2D eigenvalue weighted by molar-refractivity contribution is 0.292. The van der Waals surface area contributed by atoms with Crippen LogP contribution in [-0.4, -0.2) is 25.5 Å². The van der Waals surface area contributed by atoms with Gasteiger partial charge < -0.3 is 10.2 Å². The number of thiophene rings is 2. The van der Waals surface area contributed by atoms with Gasteiger partial charge in [-0.1, -0.05) is 6.07 Å². The first-order chi connectivity index (χ1) is 8.68. The van der Waals surface area contributed by atoms with Crippen molar-refractivity contribution in [2.75, 3.05) is 20.6 Å². The predicted molar refractivity (Wildman–Crippen MR) is 81.5 cm³/mol. The molecule has 2 aromatic rings. The third kappa shape index (κ3) is 3.42. The Bertz CT molecular complexity index is 460. The summed E-state index contributed by atoms with van der Waals surface area (Å²) in [5.74, 6) is 0. The molecule has 0 aromatic carbocycles. The van der Waals surface area contributed by atoms with Gasteiger partial charge >= 0.3 is 0 Å². The Hall–Kier alpha value is -0.680. The third-order valence-corrected chi connectivity index (χ3v) is 5.08. The quantitative estimate of drug-likeness (QED) is 0.871. The summed E-state index contributed by atoms with van der Waals surface area (Å²) in [7, 11) is 4.28. The van der Waals surface area contributed by atoms with E-state index in [-0.39, 0.29) is 0 Å². The van der Waals surface area contributed by atoms with Crippen molar-refractivity contribution in [2.24, 2.45) is 0 Å². The summed E-state index contributed by atoms with van der Waals surface area (Å²) in [6.07, 6.45) is 0. The van der Waals surface area contributed by atoms with Crippen LogP contribution in [0.25, 0.3) is 0 Å². The van der Waals surface area contributed by atoms with E-state index < -0.39 is 0 Å². The largest absolute Gasteiger partial charge is 0.310 e. The highest BCUT2D eigenvalue weighted by molar-refractivity contribution is 7.10. The van der Waals surface area contributed by atoms with Crippen molar-refractivity contribution in [3.8, 4) is 0 Å². The third-order valence-electron chi connectivity index (χ3n) is 3.09. The van der Waals surface area contributed by atoms with Crippen molar-refractivity contribution in [3.05, 3.63) is 44.3 Å². The molecule has 4 heteroatoms. The number of likely N-dealkylation sites (N-methyl/N-ethyl adjacent to an activating group) is 1. The Kier molecular flexibility index (Phi) is 4.95. The zero-order chi connectivity index (χ0) is 13.0. The Morgan fingerprint density at radius 3 is 2.61 bits per heavy atom. The van der Waals surface area contributed by atoms with Crippen LogP contribution in [0, 0.1) is 6.92 Å². The first-order valence-electron chi connectivity index (χ1n) is 6.12. The minimum atomic E-state index is 0.463. The van der Waals surface area contributed by atoms with Gasteiger partial charge in [-0.2, -0.15) is 0 Å². The van der Waals surface area contributed by atoms with Crippen LogP contribution >= 0.6 is 22.7 Å². The fourth-order valence-corrected chi connectivity index (χ4v) is 3.72. The van der Waals surface area contributed by atoms with Crippen molar-refractivity contribution in [2.45, 2.75) is 19.5 Å². The second-order valence-corrected chi connectivity index (χ2v) is 6.63. The molecule has 0 radical (unpaired) electrons. The molecule has 1 N–H and O–H groups in total. The molecule has 98 valence electrons. The van der Waals surface area contributed by atoms with Gasteiger partial charge in [0.25, 0.3) is 0 Å². The summed E-state index contributed by atoms with van der Waals surface area (Å²) in [5, 5.41) is 7.88. The lowest BCUT2D eigenvalue weighted by Gasteiger charge is -2.23. The predicted octanol–water partition coefficient (Wildman–Crippen LogP) is 3.51. The zero-order valence-electron chi connectivity index (χ0n) is 11.1. The second-order valence-electron chi connectivity index (χ2n) is 4.65. The number of hydrogen-bond acceptors (Lipinski definition) is 4. The Morgan fingerprint density at radius 2 is 2.06 bits per heavy atom. The van der Waals surface area contributed by atoms with E-state index in [9.17, 15) is 0 Å². The topological polar surface area (TPSA) is 15.3 Å². The second kappa shape index (κ2) is 6.48. The van der Waals surface area contributed by atoms with E-state index in [1.807, 2.05) is 22.7 Å². The molecule has 2 heterocycles. The van der Waals surface area contributed by atoms with Crippen LogP contribution in [0.5, 0.6) is 0 Å². The SMILES string of the molecule is Cc1ccsc1CNCC(c1cccs1)N(C)C. The molecule has 2 rings (SSSR count). The molecule has 2 aromatic heterocycles. The lowest BCUT2D eigenvalue weighted by Crippen LogP contribution is -2.30. The fourth-order valence-electron chi connectivity index (χ4n) is 1.93. The van der Waals surface area contributed by atoms with E-state index in [0.717, 1.165) is 13.1 Å². The number of nitrogens with zero attached hydrogens (tertiary/aromatic N) is 1. The van der Waals surface area contributed by atoms with E-state index in [2.05, 4.69) is 60.2 Å². The van der Waals surface area contributed by atoms with Gasteiger partial charge in [0.05, 0.1) is 6.04 Å². The van der Waals surface area contributed by atoms with E-state index in [4.69, 9.17) is 0 Å². The summed E-state index contributed by atoms with van der Waals surface area (Å²) in [5.41, 5.74) is 1.39. The van der Waals surface area contributed by atoms with Crippen LogP contribution < -0.4 is 5.32 Å². The summed E-state index contributed by atoms with van der Waals surface area (Å²) in [6.45, 7) is 4.14. The molecule has 1 unspecified atom stereocenters. The lowest BCUT2D eigenvalue weighted by atomic mass is 10.2. The summed E-state index contributed by atoms with van der Waals surface area (Å²) < 4.78 is 0. The maximum atomic E-state index is 3.57. The Balaban J connectivity index is 1.89. The zero-order valence-corrected chi connectivity index (χ0v) is 12.8.